The molecule has 0 aliphatic carbocycles. The van der Waals surface area contributed by atoms with Crippen molar-refractivity contribution in [3.8, 4) is 11.4 Å². The summed E-state index contributed by atoms with van der Waals surface area (Å²) >= 11 is 0. The number of hydrogen-bond acceptors (Lipinski definition) is 5. The van der Waals surface area contributed by atoms with Crippen LogP contribution in [0.25, 0.3) is 11.4 Å². The van der Waals surface area contributed by atoms with Gasteiger partial charge in [-0.15, -0.1) is 0 Å². The number of aryl methyl sites for hydroxylation is 2. The van der Waals surface area contributed by atoms with Crippen molar-refractivity contribution in [2.45, 2.75) is 38.5 Å². The molecule has 2 aromatic carbocycles. The quantitative estimate of drug-likeness (QED) is 0.550. The lowest BCUT2D eigenvalue weighted by Crippen LogP contribution is -2.49. The summed E-state index contributed by atoms with van der Waals surface area (Å²) in [7, 11) is -3.67. The summed E-state index contributed by atoms with van der Waals surface area (Å²) < 4.78 is 40.7. The number of halogens is 1. The number of rotatable bonds is 5. The molecule has 0 radical (unpaired) electrons. The molecule has 6 nitrogen and oxygen atoms in total. The second-order valence-corrected chi connectivity index (χ2v) is 10.7. The molecule has 1 saturated heterocycles. The van der Waals surface area contributed by atoms with Gasteiger partial charge in [0.15, 0.2) is 5.82 Å². The summed E-state index contributed by atoms with van der Waals surface area (Å²) in [5.41, 5.74) is 4.15. The predicted molar refractivity (Wildman–Crippen MR) is 128 cm³/mol. The maximum atomic E-state index is 13.2. The molecule has 3 aromatic rings. The zero-order chi connectivity index (χ0) is 23.8. The van der Waals surface area contributed by atoms with Crippen molar-refractivity contribution >= 4 is 15.8 Å². The van der Waals surface area contributed by atoms with Crippen molar-refractivity contribution in [2.24, 2.45) is 0 Å². The molecule has 4 rings (SSSR count). The fourth-order valence-electron chi connectivity index (χ4n) is 4.21. The molecule has 1 fully saturated rings. The van der Waals surface area contributed by atoms with E-state index in [-0.39, 0.29) is 10.8 Å². The maximum Gasteiger partial charge on any atom is 0.243 e. The molecular formula is C25H29FN4O2S. The third-order valence-corrected chi connectivity index (χ3v) is 7.91. The first-order valence-electron chi connectivity index (χ1n) is 11.1. The summed E-state index contributed by atoms with van der Waals surface area (Å²) in [4.78, 5) is 12.0. The van der Waals surface area contributed by atoms with Crippen LogP contribution in [-0.2, 0) is 10.0 Å². The third-order valence-electron chi connectivity index (χ3n) is 5.99. The van der Waals surface area contributed by atoms with E-state index < -0.39 is 15.8 Å². The molecule has 0 spiro atoms. The molecular weight excluding hydrogens is 439 g/mol. The smallest absolute Gasteiger partial charge is 0.243 e. The van der Waals surface area contributed by atoms with E-state index in [1.165, 1.54) is 34.1 Å². The highest BCUT2D eigenvalue weighted by Crippen LogP contribution is 2.32. The first-order chi connectivity index (χ1) is 15.7. The molecule has 0 atom stereocenters. The highest BCUT2D eigenvalue weighted by Gasteiger charge is 2.30. The van der Waals surface area contributed by atoms with Crippen molar-refractivity contribution in [3.05, 3.63) is 71.2 Å². The summed E-state index contributed by atoms with van der Waals surface area (Å²) in [6.45, 7) is 10.00. The highest BCUT2D eigenvalue weighted by molar-refractivity contribution is 7.89. The lowest BCUT2D eigenvalue weighted by Gasteiger charge is -2.36. The minimum absolute atomic E-state index is 0.111. The van der Waals surface area contributed by atoms with Crippen molar-refractivity contribution in [1.29, 1.82) is 0 Å². The van der Waals surface area contributed by atoms with E-state index >= 15 is 0 Å². The molecule has 33 heavy (non-hydrogen) atoms. The van der Waals surface area contributed by atoms with E-state index in [2.05, 4.69) is 18.7 Å². The average Bonchev–Trinajstić information content (AvgIpc) is 2.79. The molecule has 1 aliphatic rings. The van der Waals surface area contributed by atoms with Gasteiger partial charge in [0.25, 0.3) is 0 Å². The van der Waals surface area contributed by atoms with Gasteiger partial charge in [-0.05, 0) is 44.0 Å². The third kappa shape index (κ3) is 4.77. The van der Waals surface area contributed by atoms with Crippen molar-refractivity contribution < 1.29 is 12.8 Å². The van der Waals surface area contributed by atoms with Gasteiger partial charge in [0.1, 0.15) is 11.6 Å². The van der Waals surface area contributed by atoms with Crippen LogP contribution in [-0.4, -0.2) is 48.9 Å². The van der Waals surface area contributed by atoms with E-state index in [1.54, 1.807) is 0 Å². The SMILES string of the molecule is Cc1ccc(-c2nc(C)c(C(C)C)c(N3CCN(S(=O)(=O)c4ccc(F)cc4)CC3)n2)cc1. The standard InChI is InChI=1S/C25H29FN4O2S/c1-17(2)23-19(4)27-24(20-7-5-18(3)6-8-20)28-25(23)29-13-15-30(16-14-29)33(31,32)22-11-9-21(26)10-12-22/h5-12,17H,13-16H2,1-4H3. The van der Waals surface area contributed by atoms with Gasteiger partial charge in [-0.1, -0.05) is 43.7 Å². The van der Waals surface area contributed by atoms with Crippen LogP contribution in [0, 0.1) is 19.7 Å². The highest BCUT2D eigenvalue weighted by atomic mass is 32.2. The van der Waals surface area contributed by atoms with Gasteiger partial charge in [-0.2, -0.15) is 4.31 Å². The first kappa shape index (κ1) is 23.3. The summed E-state index contributed by atoms with van der Waals surface area (Å²) in [5, 5.41) is 0. The van der Waals surface area contributed by atoms with Gasteiger partial charge in [0.2, 0.25) is 10.0 Å². The van der Waals surface area contributed by atoms with E-state index in [0.717, 1.165) is 22.6 Å². The molecule has 0 unspecified atom stereocenters. The Morgan fingerprint density at radius 2 is 1.48 bits per heavy atom. The summed E-state index contributed by atoms with van der Waals surface area (Å²) in [6, 6.07) is 13.1. The Morgan fingerprint density at radius 3 is 2.06 bits per heavy atom. The number of sulfonamides is 1. The predicted octanol–water partition coefficient (Wildman–Crippen LogP) is 4.53. The van der Waals surface area contributed by atoms with Crippen molar-refractivity contribution in [1.82, 2.24) is 14.3 Å². The molecule has 0 saturated carbocycles. The Kier molecular flexibility index (Phi) is 6.50. The van der Waals surface area contributed by atoms with Crippen LogP contribution in [0.5, 0.6) is 0 Å². The molecule has 2 heterocycles. The van der Waals surface area contributed by atoms with E-state index in [1.807, 2.05) is 38.1 Å². The van der Waals surface area contributed by atoms with Crippen LogP contribution in [0.15, 0.2) is 53.4 Å². The molecule has 1 aliphatic heterocycles. The molecule has 1 aromatic heterocycles. The Labute approximate surface area is 195 Å². The molecule has 174 valence electrons. The van der Waals surface area contributed by atoms with E-state index in [0.29, 0.717) is 32.0 Å². The van der Waals surface area contributed by atoms with Crippen LogP contribution in [0.2, 0.25) is 0 Å². The average molecular weight is 469 g/mol. The number of benzene rings is 2. The largest absolute Gasteiger partial charge is 0.354 e. The lowest BCUT2D eigenvalue weighted by molar-refractivity contribution is 0.383. The van der Waals surface area contributed by atoms with Gasteiger partial charge < -0.3 is 4.90 Å². The summed E-state index contributed by atoms with van der Waals surface area (Å²) in [5.74, 6) is 1.32. The van der Waals surface area contributed by atoms with E-state index in [4.69, 9.17) is 9.97 Å². The second-order valence-electron chi connectivity index (χ2n) is 8.74. The first-order valence-corrected chi connectivity index (χ1v) is 12.6. The lowest BCUT2D eigenvalue weighted by atomic mass is 10.0. The Morgan fingerprint density at radius 1 is 0.879 bits per heavy atom. The number of piperazine rings is 1. The second kappa shape index (κ2) is 9.19. The van der Waals surface area contributed by atoms with Crippen LogP contribution in [0.1, 0.15) is 36.6 Å². The maximum absolute atomic E-state index is 13.2. The fraction of sp³-hybridized carbons (Fsp3) is 0.360. The minimum Gasteiger partial charge on any atom is -0.354 e. The van der Waals surface area contributed by atoms with Crippen LogP contribution >= 0.6 is 0 Å². The number of hydrogen-bond donors (Lipinski definition) is 0. The molecule has 0 bridgehead atoms. The zero-order valence-corrected chi connectivity index (χ0v) is 20.2. The Balaban J connectivity index is 1.62. The monoisotopic (exact) mass is 468 g/mol. The van der Waals surface area contributed by atoms with Gasteiger partial charge >= 0.3 is 0 Å². The normalized spacial score (nSPS) is 15.3. The molecule has 0 amide bonds. The van der Waals surface area contributed by atoms with Gasteiger partial charge in [0, 0.05) is 43.0 Å². The van der Waals surface area contributed by atoms with Crippen molar-refractivity contribution in [2.75, 3.05) is 31.1 Å². The minimum atomic E-state index is -3.67. The Hall–Kier alpha value is -2.84. The van der Waals surface area contributed by atoms with Crippen LogP contribution < -0.4 is 4.90 Å². The summed E-state index contributed by atoms with van der Waals surface area (Å²) in [6.07, 6.45) is 0. The van der Waals surface area contributed by atoms with E-state index in [9.17, 15) is 12.8 Å². The molecule has 8 heteroatoms. The van der Waals surface area contributed by atoms with Crippen LogP contribution in [0.4, 0.5) is 10.2 Å². The number of aromatic nitrogens is 2. The van der Waals surface area contributed by atoms with Crippen LogP contribution in [0.3, 0.4) is 0 Å². The van der Waals surface area contributed by atoms with Gasteiger partial charge in [-0.25, -0.2) is 22.8 Å². The number of anilines is 1. The number of nitrogens with zero attached hydrogens (tertiary/aromatic N) is 4. The fourth-order valence-corrected chi connectivity index (χ4v) is 5.63. The van der Waals surface area contributed by atoms with Crippen molar-refractivity contribution in [3.63, 3.8) is 0 Å². The van der Waals surface area contributed by atoms with Gasteiger partial charge in [0.05, 0.1) is 4.90 Å². The topological polar surface area (TPSA) is 66.4 Å². The molecule has 0 N–H and O–H groups in total. The Bertz CT molecular complexity index is 1230. The van der Waals surface area contributed by atoms with Gasteiger partial charge in [-0.3, -0.25) is 0 Å². The zero-order valence-electron chi connectivity index (χ0n) is 19.4.